The van der Waals surface area contributed by atoms with Gasteiger partial charge >= 0.3 is 0 Å². The Morgan fingerprint density at radius 3 is 2.89 bits per heavy atom. The Hall–Kier alpha value is -2.64. The molecule has 4 N–H and O–H groups in total. The molecule has 0 spiro atoms. The number of fused-ring (bicyclic) bond motifs is 1. The molecular weight excluding hydrogens is 246 g/mol. The summed E-state index contributed by atoms with van der Waals surface area (Å²) in [5.74, 6) is 2.19. The van der Waals surface area contributed by atoms with Crippen molar-refractivity contribution in [3.63, 3.8) is 0 Å². The molecule has 8 nitrogen and oxygen atoms in total. The number of H-pyrrole nitrogens is 1. The average Bonchev–Trinajstić information content (AvgIpc) is 2.94. The van der Waals surface area contributed by atoms with E-state index in [0.717, 1.165) is 16.8 Å². The molecule has 3 aromatic heterocycles. The predicted molar refractivity (Wildman–Crippen MR) is 69.4 cm³/mol. The van der Waals surface area contributed by atoms with E-state index in [-0.39, 0.29) is 5.95 Å². The Morgan fingerprint density at radius 1 is 1.32 bits per heavy atom. The van der Waals surface area contributed by atoms with Crippen LogP contribution in [0.2, 0.25) is 0 Å². The molecule has 0 amide bonds. The van der Waals surface area contributed by atoms with Crippen molar-refractivity contribution in [3.05, 3.63) is 23.5 Å². The van der Waals surface area contributed by atoms with Gasteiger partial charge in [0.05, 0.1) is 23.8 Å². The van der Waals surface area contributed by atoms with Gasteiger partial charge in [0.25, 0.3) is 0 Å². The van der Waals surface area contributed by atoms with Gasteiger partial charge in [0, 0.05) is 0 Å². The van der Waals surface area contributed by atoms with Crippen LogP contribution in [0.3, 0.4) is 0 Å². The Bertz CT molecular complexity index is 710. The van der Waals surface area contributed by atoms with Gasteiger partial charge in [-0.15, -0.1) is 0 Å². The molecule has 0 saturated heterocycles. The molecule has 0 atom stereocenters. The molecule has 0 aliphatic carbocycles. The van der Waals surface area contributed by atoms with Crippen LogP contribution >= 0.6 is 0 Å². The molecule has 0 radical (unpaired) electrons. The SMILES string of the molecule is Cc1nc(CNc2nc(N)nc3[nH]ncc23)oc1C. The normalized spacial score (nSPS) is 11.1. The molecule has 3 rings (SSSR count). The van der Waals surface area contributed by atoms with Gasteiger partial charge in [-0.1, -0.05) is 0 Å². The maximum absolute atomic E-state index is 5.63. The van der Waals surface area contributed by atoms with Crippen LogP contribution in [0.25, 0.3) is 11.0 Å². The average molecular weight is 259 g/mol. The summed E-state index contributed by atoms with van der Waals surface area (Å²) < 4.78 is 5.49. The van der Waals surface area contributed by atoms with Gasteiger partial charge in [-0.2, -0.15) is 15.1 Å². The van der Waals surface area contributed by atoms with Crippen molar-refractivity contribution >= 4 is 22.8 Å². The minimum Gasteiger partial charge on any atom is -0.444 e. The summed E-state index contributed by atoms with van der Waals surface area (Å²) in [4.78, 5) is 12.5. The summed E-state index contributed by atoms with van der Waals surface area (Å²) in [6, 6.07) is 0. The smallest absolute Gasteiger partial charge is 0.224 e. The Balaban J connectivity index is 1.87. The second-order valence-electron chi connectivity index (χ2n) is 4.17. The topological polar surface area (TPSA) is 119 Å². The summed E-state index contributed by atoms with van der Waals surface area (Å²) in [5.41, 5.74) is 7.11. The molecule has 0 aromatic carbocycles. The number of rotatable bonds is 3. The Kier molecular flexibility index (Phi) is 2.55. The molecule has 98 valence electrons. The number of nitrogens with two attached hydrogens (primary N) is 1. The lowest BCUT2D eigenvalue weighted by molar-refractivity contribution is 0.478. The maximum Gasteiger partial charge on any atom is 0.224 e. The first-order valence-electron chi connectivity index (χ1n) is 5.77. The Labute approximate surface area is 108 Å². The van der Waals surface area contributed by atoms with Gasteiger partial charge in [0.15, 0.2) is 5.65 Å². The van der Waals surface area contributed by atoms with Crippen molar-refractivity contribution in [1.82, 2.24) is 25.1 Å². The Morgan fingerprint density at radius 2 is 2.16 bits per heavy atom. The van der Waals surface area contributed by atoms with Crippen LogP contribution in [0.15, 0.2) is 10.6 Å². The number of oxazole rings is 1. The maximum atomic E-state index is 5.63. The summed E-state index contributed by atoms with van der Waals surface area (Å²) in [6.45, 7) is 4.20. The van der Waals surface area contributed by atoms with Gasteiger partial charge < -0.3 is 15.5 Å². The summed E-state index contributed by atoms with van der Waals surface area (Å²) in [7, 11) is 0. The van der Waals surface area contributed by atoms with Crippen molar-refractivity contribution < 1.29 is 4.42 Å². The van der Waals surface area contributed by atoms with E-state index in [2.05, 4.69) is 30.5 Å². The van der Waals surface area contributed by atoms with Crippen molar-refractivity contribution in [2.45, 2.75) is 20.4 Å². The fourth-order valence-electron chi connectivity index (χ4n) is 1.76. The molecule has 3 heterocycles. The molecule has 19 heavy (non-hydrogen) atoms. The number of aryl methyl sites for hydroxylation is 2. The predicted octanol–water partition coefficient (Wildman–Crippen LogP) is 1.15. The third-order valence-electron chi connectivity index (χ3n) is 2.81. The number of aromatic nitrogens is 5. The van der Waals surface area contributed by atoms with E-state index in [0.29, 0.717) is 23.9 Å². The van der Waals surface area contributed by atoms with Crippen molar-refractivity contribution in [3.8, 4) is 0 Å². The highest BCUT2D eigenvalue weighted by atomic mass is 16.4. The van der Waals surface area contributed by atoms with Gasteiger partial charge in [-0.3, -0.25) is 5.10 Å². The zero-order valence-electron chi connectivity index (χ0n) is 10.6. The van der Waals surface area contributed by atoms with E-state index < -0.39 is 0 Å². The second-order valence-corrected chi connectivity index (χ2v) is 4.17. The zero-order valence-corrected chi connectivity index (χ0v) is 10.6. The fourth-order valence-corrected chi connectivity index (χ4v) is 1.76. The highest BCUT2D eigenvalue weighted by Gasteiger charge is 2.10. The first kappa shape index (κ1) is 11.5. The number of aromatic amines is 1. The van der Waals surface area contributed by atoms with E-state index in [1.54, 1.807) is 6.20 Å². The molecular formula is C11H13N7O. The molecule has 8 heteroatoms. The van der Waals surface area contributed by atoms with Crippen LogP contribution < -0.4 is 11.1 Å². The van der Waals surface area contributed by atoms with Crippen LogP contribution in [0.1, 0.15) is 17.3 Å². The van der Waals surface area contributed by atoms with E-state index >= 15 is 0 Å². The van der Waals surface area contributed by atoms with Crippen LogP contribution in [-0.4, -0.2) is 25.1 Å². The number of nitrogens with zero attached hydrogens (tertiary/aromatic N) is 4. The molecule has 0 fully saturated rings. The van der Waals surface area contributed by atoms with Gasteiger partial charge in [-0.25, -0.2) is 4.98 Å². The molecule has 0 aliphatic heterocycles. The summed E-state index contributed by atoms with van der Waals surface area (Å²) in [6.07, 6.45) is 1.64. The minimum absolute atomic E-state index is 0.180. The number of anilines is 2. The highest BCUT2D eigenvalue weighted by molar-refractivity contribution is 5.86. The largest absolute Gasteiger partial charge is 0.444 e. The number of nitrogen functional groups attached to an aromatic ring is 1. The summed E-state index contributed by atoms with van der Waals surface area (Å²) in [5, 5.41) is 10.6. The van der Waals surface area contributed by atoms with Crippen LogP contribution in [0.4, 0.5) is 11.8 Å². The lowest BCUT2D eigenvalue weighted by Gasteiger charge is -2.04. The van der Waals surface area contributed by atoms with E-state index in [1.165, 1.54) is 0 Å². The highest BCUT2D eigenvalue weighted by Crippen LogP contribution is 2.19. The molecule has 0 bridgehead atoms. The standard InChI is InChI=1S/C11H13N7O/c1-5-6(2)19-8(15-5)4-13-9-7-3-14-18-10(7)17-11(12)16-9/h3H,4H2,1-2H3,(H4,12,13,14,16,17,18). The zero-order chi connectivity index (χ0) is 13.4. The fraction of sp³-hybridized carbons (Fsp3) is 0.273. The van der Waals surface area contributed by atoms with Crippen LogP contribution in [0.5, 0.6) is 0 Å². The van der Waals surface area contributed by atoms with E-state index in [4.69, 9.17) is 10.2 Å². The van der Waals surface area contributed by atoms with E-state index in [1.807, 2.05) is 13.8 Å². The lowest BCUT2D eigenvalue weighted by atomic mass is 10.4. The monoisotopic (exact) mass is 259 g/mol. The number of hydrogen-bond donors (Lipinski definition) is 3. The summed E-state index contributed by atoms with van der Waals surface area (Å²) >= 11 is 0. The van der Waals surface area contributed by atoms with Crippen molar-refractivity contribution in [2.75, 3.05) is 11.1 Å². The first-order chi connectivity index (χ1) is 9.13. The lowest BCUT2D eigenvalue weighted by Crippen LogP contribution is -2.05. The molecule has 0 saturated carbocycles. The number of nitrogens with one attached hydrogen (secondary N) is 2. The van der Waals surface area contributed by atoms with Crippen LogP contribution in [-0.2, 0) is 6.54 Å². The first-order valence-corrected chi connectivity index (χ1v) is 5.77. The molecule has 3 aromatic rings. The minimum atomic E-state index is 0.180. The third-order valence-corrected chi connectivity index (χ3v) is 2.81. The van der Waals surface area contributed by atoms with E-state index in [9.17, 15) is 0 Å². The third kappa shape index (κ3) is 2.07. The van der Waals surface area contributed by atoms with Crippen LogP contribution in [0, 0.1) is 13.8 Å². The van der Waals surface area contributed by atoms with Gasteiger partial charge in [0.2, 0.25) is 11.8 Å². The van der Waals surface area contributed by atoms with Crippen molar-refractivity contribution in [2.24, 2.45) is 0 Å². The van der Waals surface area contributed by atoms with Gasteiger partial charge in [-0.05, 0) is 13.8 Å². The number of hydrogen-bond acceptors (Lipinski definition) is 7. The molecule has 0 unspecified atom stereocenters. The second kappa shape index (κ2) is 4.23. The van der Waals surface area contributed by atoms with Gasteiger partial charge in [0.1, 0.15) is 11.6 Å². The molecule has 0 aliphatic rings. The van der Waals surface area contributed by atoms with Crippen molar-refractivity contribution in [1.29, 1.82) is 0 Å². The quantitative estimate of drug-likeness (QED) is 0.645.